The van der Waals surface area contributed by atoms with E-state index in [0.717, 1.165) is 5.56 Å². The van der Waals surface area contributed by atoms with Gasteiger partial charge < -0.3 is 9.26 Å². The molecule has 0 aliphatic carbocycles. The molecule has 2 rings (SSSR count). The summed E-state index contributed by atoms with van der Waals surface area (Å²) in [6, 6.07) is 7.06. The largest absolute Gasteiger partial charge is 0.456 e. The van der Waals surface area contributed by atoms with Crippen LogP contribution in [0.2, 0.25) is 0 Å². The molecular formula is C19H24N2O6S. The smallest absolute Gasteiger partial charge is 0.321 e. The van der Waals surface area contributed by atoms with Crippen molar-refractivity contribution in [1.29, 1.82) is 0 Å². The first-order valence-electron chi connectivity index (χ1n) is 8.63. The standard InChI is InChI=1S/C19H24N2O6S/c1-12-18(13(2)27-21-12)28(24,25)20-10-17(23)26-11-16(22)14-6-8-15(9-7-14)19(3,4)5/h6-9,20H,10-11H2,1-5H3. The number of ether oxygens (including phenoxy) is 1. The van der Waals surface area contributed by atoms with Crippen LogP contribution in [-0.2, 0) is 25.0 Å². The first kappa shape index (κ1) is 21.8. The zero-order chi connectivity index (χ0) is 21.1. The van der Waals surface area contributed by atoms with E-state index in [1.54, 1.807) is 12.1 Å². The highest BCUT2D eigenvalue weighted by Crippen LogP contribution is 2.22. The molecule has 0 unspecified atom stereocenters. The molecule has 2 aromatic rings. The highest BCUT2D eigenvalue weighted by Gasteiger charge is 2.25. The molecule has 152 valence electrons. The zero-order valence-corrected chi connectivity index (χ0v) is 17.3. The highest BCUT2D eigenvalue weighted by molar-refractivity contribution is 7.89. The first-order valence-corrected chi connectivity index (χ1v) is 10.1. The van der Waals surface area contributed by atoms with Gasteiger partial charge in [0.25, 0.3) is 0 Å². The fourth-order valence-corrected chi connectivity index (χ4v) is 3.81. The molecule has 0 spiro atoms. The number of hydrogen-bond donors (Lipinski definition) is 1. The molecule has 0 bridgehead atoms. The lowest BCUT2D eigenvalue weighted by atomic mass is 9.86. The number of aryl methyl sites for hydroxylation is 2. The number of benzene rings is 1. The van der Waals surface area contributed by atoms with Crippen LogP contribution >= 0.6 is 0 Å². The van der Waals surface area contributed by atoms with Crippen LogP contribution in [-0.4, -0.2) is 38.5 Å². The molecule has 1 aromatic carbocycles. The second-order valence-electron chi connectivity index (χ2n) is 7.39. The third-order valence-electron chi connectivity index (χ3n) is 4.08. The van der Waals surface area contributed by atoms with Gasteiger partial charge in [-0.1, -0.05) is 50.2 Å². The molecule has 0 saturated carbocycles. The number of rotatable bonds is 7. The van der Waals surface area contributed by atoms with Crippen molar-refractivity contribution in [3.63, 3.8) is 0 Å². The Kier molecular flexibility index (Phi) is 6.41. The number of Topliss-reactive ketones (excluding diaryl/α,β-unsaturated/α-hetero) is 1. The van der Waals surface area contributed by atoms with Crippen LogP contribution in [0.3, 0.4) is 0 Å². The number of ketones is 1. The molecule has 0 saturated heterocycles. The molecule has 1 N–H and O–H groups in total. The molecule has 1 heterocycles. The monoisotopic (exact) mass is 408 g/mol. The molecule has 28 heavy (non-hydrogen) atoms. The summed E-state index contributed by atoms with van der Waals surface area (Å²) < 4.78 is 36.3. The molecule has 0 atom stereocenters. The summed E-state index contributed by atoms with van der Waals surface area (Å²) in [5, 5.41) is 3.57. The topological polar surface area (TPSA) is 116 Å². The second kappa shape index (κ2) is 8.24. The average molecular weight is 408 g/mol. The fraction of sp³-hybridized carbons (Fsp3) is 0.421. The summed E-state index contributed by atoms with van der Waals surface area (Å²) in [5.74, 6) is -1.12. The number of nitrogens with zero attached hydrogens (tertiary/aromatic N) is 1. The lowest BCUT2D eigenvalue weighted by Gasteiger charge is -2.18. The molecule has 0 aliphatic rings. The van der Waals surface area contributed by atoms with Gasteiger partial charge in [0.05, 0.1) is 0 Å². The van der Waals surface area contributed by atoms with E-state index in [1.165, 1.54) is 13.8 Å². The Morgan fingerprint density at radius 3 is 2.25 bits per heavy atom. The van der Waals surface area contributed by atoms with Gasteiger partial charge in [-0.3, -0.25) is 9.59 Å². The van der Waals surface area contributed by atoms with Gasteiger partial charge in [-0.25, -0.2) is 8.42 Å². The van der Waals surface area contributed by atoms with Gasteiger partial charge in [0, 0.05) is 5.56 Å². The van der Waals surface area contributed by atoms with Crippen molar-refractivity contribution in [3.8, 4) is 0 Å². The number of nitrogens with one attached hydrogen (secondary N) is 1. The second-order valence-corrected chi connectivity index (χ2v) is 9.09. The van der Waals surface area contributed by atoms with E-state index in [9.17, 15) is 18.0 Å². The third kappa shape index (κ3) is 5.26. The Morgan fingerprint density at radius 2 is 1.75 bits per heavy atom. The van der Waals surface area contributed by atoms with Crippen LogP contribution in [0.4, 0.5) is 0 Å². The Balaban J connectivity index is 1.89. The maximum Gasteiger partial charge on any atom is 0.321 e. The maximum absolute atomic E-state index is 12.2. The van der Waals surface area contributed by atoms with Gasteiger partial charge >= 0.3 is 5.97 Å². The van der Waals surface area contributed by atoms with Gasteiger partial charge in [0.15, 0.2) is 18.2 Å². The van der Waals surface area contributed by atoms with Gasteiger partial charge in [-0.05, 0) is 24.8 Å². The van der Waals surface area contributed by atoms with Crippen molar-refractivity contribution in [2.24, 2.45) is 0 Å². The molecule has 0 fully saturated rings. The fourth-order valence-electron chi connectivity index (χ4n) is 2.52. The van der Waals surface area contributed by atoms with Crippen LogP contribution < -0.4 is 4.72 Å². The minimum Gasteiger partial charge on any atom is -0.456 e. The lowest BCUT2D eigenvalue weighted by Crippen LogP contribution is -2.32. The summed E-state index contributed by atoms with van der Waals surface area (Å²) in [6.45, 7) is 8.05. The third-order valence-corrected chi connectivity index (χ3v) is 5.72. The summed E-state index contributed by atoms with van der Waals surface area (Å²) in [7, 11) is -3.97. The van der Waals surface area contributed by atoms with Crippen molar-refractivity contribution < 1.29 is 27.3 Å². The Labute approximate surface area is 164 Å². The number of carbonyl (C=O) groups excluding carboxylic acids is 2. The number of hydrogen-bond acceptors (Lipinski definition) is 7. The van der Waals surface area contributed by atoms with Crippen LogP contribution in [0.5, 0.6) is 0 Å². The van der Waals surface area contributed by atoms with Crippen molar-refractivity contribution in [2.45, 2.75) is 44.9 Å². The van der Waals surface area contributed by atoms with E-state index in [2.05, 4.69) is 30.6 Å². The van der Waals surface area contributed by atoms with Crippen molar-refractivity contribution in [1.82, 2.24) is 9.88 Å². The summed E-state index contributed by atoms with van der Waals surface area (Å²) >= 11 is 0. The lowest BCUT2D eigenvalue weighted by molar-refractivity contribution is -0.141. The summed E-state index contributed by atoms with van der Waals surface area (Å²) in [4.78, 5) is 23.8. The maximum atomic E-state index is 12.2. The number of aromatic nitrogens is 1. The highest BCUT2D eigenvalue weighted by atomic mass is 32.2. The molecular weight excluding hydrogens is 384 g/mol. The Bertz CT molecular complexity index is 949. The molecule has 0 amide bonds. The Hall–Kier alpha value is -2.52. The molecule has 8 nitrogen and oxygen atoms in total. The predicted molar refractivity (Wildman–Crippen MR) is 102 cm³/mol. The average Bonchev–Trinajstić information content (AvgIpc) is 2.96. The van der Waals surface area contributed by atoms with E-state index in [1.807, 2.05) is 12.1 Å². The molecule has 9 heteroatoms. The van der Waals surface area contributed by atoms with E-state index >= 15 is 0 Å². The quantitative estimate of drug-likeness (QED) is 0.552. The van der Waals surface area contributed by atoms with E-state index < -0.39 is 29.1 Å². The van der Waals surface area contributed by atoms with Gasteiger partial charge in [0.1, 0.15) is 17.1 Å². The SMILES string of the molecule is Cc1noc(C)c1S(=O)(=O)NCC(=O)OCC(=O)c1ccc(C(C)(C)C)cc1. The van der Waals surface area contributed by atoms with Crippen LogP contribution in [0.25, 0.3) is 0 Å². The van der Waals surface area contributed by atoms with E-state index in [4.69, 9.17) is 9.26 Å². The molecule has 1 aromatic heterocycles. The molecule has 0 radical (unpaired) electrons. The van der Waals surface area contributed by atoms with Crippen LogP contribution in [0, 0.1) is 13.8 Å². The van der Waals surface area contributed by atoms with Gasteiger partial charge in [-0.2, -0.15) is 4.72 Å². The number of sulfonamides is 1. The normalized spacial score (nSPS) is 12.0. The van der Waals surface area contributed by atoms with E-state index in [-0.39, 0.29) is 27.5 Å². The number of carbonyl (C=O) groups is 2. The van der Waals surface area contributed by atoms with Gasteiger partial charge in [-0.15, -0.1) is 0 Å². The predicted octanol–water partition coefficient (Wildman–Crippen LogP) is 2.29. The summed E-state index contributed by atoms with van der Waals surface area (Å²) in [6.07, 6.45) is 0. The van der Waals surface area contributed by atoms with Crippen molar-refractivity contribution in [2.75, 3.05) is 13.2 Å². The van der Waals surface area contributed by atoms with Crippen molar-refractivity contribution in [3.05, 3.63) is 46.8 Å². The number of esters is 1. The van der Waals surface area contributed by atoms with Crippen molar-refractivity contribution >= 4 is 21.8 Å². The minimum atomic E-state index is -3.97. The first-order chi connectivity index (χ1) is 12.9. The van der Waals surface area contributed by atoms with Gasteiger partial charge in [0.2, 0.25) is 10.0 Å². The summed E-state index contributed by atoms with van der Waals surface area (Å²) in [5.41, 5.74) is 1.64. The van der Waals surface area contributed by atoms with Crippen LogP contribution in [0.1, 0.15) is 48.1 Å². The zero-order valence-electron chi connectivity index (χ0n) is 16.5. The van der Waals surface area contributed by atoms with Crippen LogP contribution in [0.15, 0.2) is 33.7 Å². The van der Waals surface area contributed by atoms with E-state index in [0.29, 0.717) is 5.56 Å². The molecule has 0 aliphatic heterocycles. The Morgan fingerprint density at radius 1 is 1.14 bits per heavy atom. The minimum absolute atomic E-state index is 0.0353.